The molecule has 0 N–H and O–H groups in total. The molecule has 5 heteroatoms. The van der Waals surface area contributed by atoms with Crippen molar-refractivity contribution >= 4 is 11.6 Å². The Kier molecular flexibility index (Phi) is 7.15. The molecule has 0 unspecified atom stereocenters. The number of methoxy groups -OCH3 is 1. The van der Waals surface area contributed by atoms with Crippen molar-refractivity contribution in [3.8, 4) is 5.75 Å². The van der Waals surface area contributed by atoms with Gasteiger partial charge < -0.3 is 14.5 Å². The lowest BCUT2D eigenvalue weighted by Gasteiger charge is -2.37. The van der Waals surface area contributed by atoms with Crippen molar-refractivity contribution in [2.75, 3.05) is 51.8 Å². The Bertz CT molecular complexity index is 796. The fraction of sp³-hybridized carbons (Fsp3) is 0.458. The molecule has 5 nitrogen and oxygen atoms in total. The Hall–Kier alpha value is -2.53. The Morgan fingerprint density at radius 3 is 2.31 bits per heavy atom. The van der Waals surface area contributed by atoms with Gasteiger partial charge in [-0.1, -0.05) is 50.2 Å². The number of piperazine rings is 1. The summed E-state index contributed by atoms with van der Waals surface area (Å²) in [5.74, 6) is 1.62. The van der Waals surface area contributed by atoms with Crippen LogP contribution in [0, 0.1) is 0 Å². The van der Waals surface area contributed by atoms with Crippen LogP contribution in [0.4, 0.5) is 5.69 Å². The molecule has 1 heterocycles. The monoisotopic (exact) mass is 395 g/mol. The predicted octanol–water partition coefficient (Wildman–Crippen LogP) is 3.60. The quantitative estimate of drug-likeness (QED) is 0.718. The minimum atomic E-state index is 0.200. The van der Waals surface area contributed by atoms with Crippen LogP contribution in [0.5, 0.6) is 5.75 Å². The lowest BCUT2D eigenvalue weighted by molar-refractivity contribution is -0.132. The Balaban J connectivity index is 1.49. The van der Waals surface area contributed by atoms with Gasteiger partial charge in [-0.3, -0.25) is 9.69 Å². The molecule has 1 fully saturated rings. The van der Waals surface area contributed by atoms with Gasteiger partial charge in [0.25, 0.3) is 0 Å². The third kappa shape index (κ3) is 5.51. The average Bonchev–Trinajstić information content (AvgIpc) is 2.74. The summed E-state index contributed by atoms with van der Waals surface area (Å²) in [6.45, 7) is 8.77. The van der Waals surface area contributed by atoms with Gasteiger partial charge in [-0.2, -0.15) is 0 Å². The number of hydrogen-bond donors (Lipinski definition) is 0. The molecular formula is C24H33N3O2. The zero-order chi connectivity index (χ0) is 20.8. The molecule has 29 heavy (non-hydrogen) atoms. The van der Waals surface area contributed by atoms with Crippen LogP contribution in [0.25, 0.3) is 0 Å². The molecule has 1 aliphatic heterocycles. The van der Waals surface area contributed by atoms with Crippen molar-refractivity contribution in [3.05, 3.63) is 59.7 Å². The van der Waals surface area contributed by atoms with E-state index < -0.39 is 0 Å². The molecule has 0 aromatic heterocycles. The summed E-state index contributed by atoms with van der Waals surface area (Å²) >= 11 is 0. The first-order chi connectivity index (χ1) is 14.0. The van der Waals surface area contributed by atoms with E-state index in [4.69, 9.17) is 4.74 Å². The van der Waals surface area contributed by atoms with E-state index in [0.29, 0.717) is 12.5 Å². The van der Waals surface area contributed by atoms with Gasteiger partial charge in [-0.15, -0.1) is 0 Å². The lowest BCUT2D eigenvalue weighted by Crippen LogP contribution is -2.51. The molecule has 0 radical (unpaired) electrons. The number of hydrogen-bond acceptors (Lipinski definition) is 4. The van der Waals surface area contributed by atoms with Gasteiger partial charge in [0.15, 0.2) is 0 Å². The van der Waals surface area contributed by atoms with E-state index >= 15 is 0 Å². The molecule has 3 rings (SSSR count). The third-order valence-corrected chi connectivity index (χ3v) is 5.56. The Morgan fingerprint density at radius 2 is 1.69 bits per heavy atom. The maximum absolute atomic E-state index is 12.7. The van der Waals surface area contributed by atoms with Crippen molar-refractivity contribution in [1.82, 2.24) is 9.80 Å². The van der Waals surface area contributed by atoms with Crippen molar-refractivity contribution in [2.24, 2.45) is 0 Å². The first-order valence-electron chi connectivity index (χ1n) is 10.4. The normalized spacial score (nSPS) is 14.6. The summed E-state index contributed by atoms with van der Waals surface area (Å²) in [4.78, 5) is 19.1. The topological polar surface area (TPSA) is 36.0 Å². The summed E-state index contributed by atoms with van der Waals surface area (Å²) in [5.41, 5.74) is 3.69. The van der Waals surface area contributed by atoms with E-state index in [-0.39, 0.29) is 5.91 Å². The number of rotatable bonds is 7. The van der Waals surface area contributed by atoms with Crippen LogP contribution >= 0.6 is 0 Å². The van der Waals surface area contributed by atoms with E-state index in [9.17, 15) is 4.79 Å². The van der Waals surface area contributed by atoms with Gasteiger partial charge >= 0.3 is 0 Å². The number of carbonyl (C=O) groups is 1. The number of para-hydroxylation sites is 2. The first-order valence-corrected chi connectivity index (χ1v) is 10.4. The smallest absolute Gasteiger partial charge is 0.236 e. The molecule has 0 aliphatic carbocycles. The van der Waals surface area contributed by atoms with Gasteiger partial charge in [0, 0.05) is 32.7 Å². The molecule has 0 atom stereocenters. The number of amides is 1. The SMILES string of the molecule is COc1ccccc1N1CCN(C(=O)CN(C)Cc2ccc(C(C)C)cc2)CC1. The molecule has 1 saturated heterocycles. The predicted molar refractivity (Wildman–Crippen MR) is 119 cm³/mol. The molecule has 156 valence electrons. The number of ether oxygens (including phenoxy) is 1. The minimum absolute atomic E-state index is 0.200. The number of carbonyl (C=O) groups excluding carboxylic acids is 1. The molecule has 0 spiro atoms. The number of nitrogens with zero attached hydrogens (tertiary/aromatic N) is 3. The van der Waals surface area contributed by atoms with E-state index in [0.717, 1.165) is 44.2 Å². The number of benzene rings is 2. The average molecular weight is 396 g/mol. The molecule has 2 aromatic carbocycles. The third-order valence-electron chi connectivity index (χ3n) is 5.56. The Labute approximate surface area is 174 Å². The zero-order valence-electron chi connectivity index (χ0n) is 18.1. The molecule has 1 aliphatic rings. The van der Waals surface area contributed by atoms with E-state index in [2.05, 4.69) is 54.0 Å². The summed E-state index contributed by atoms with van der Waals surface area (Å²) < 4.78 is 5.47. The number of anilines is 1. The lowest BCUT2D eigenvalue weighted by atomic mass is 10.0. The fourth-order valence-electron chi connectivity index (χ4n) is 3.79. The van der Waals surface area contributed by atoms with Gasteiger partial charge in [0.2, 0.25) is 5.91 Å². The fourth-order valence-corrected chi connectivity index (χ4v) is 3.79. The van der Waals surface area contributed by atoms with Gasteiger partial charge in [-0.25, -0.2) is 0 Å². The molecule has 0 bridgehead atoms. The van der Waals surface area contributed by atoms with E-state index in [1.807, 2.05) is 30.1 Å². The van der Waals surface area contributed by atoms with Crippen LogP contribution in [0.2, 0.25) is 0 Å². The highest BCUT2D eigenvalue weighted by Gasteiger charge is 2.23. The Morgan fingerprint density at radius 1 is 1.03 bits per heavy atom. The first kappa shape index (κ1) is 21.2. The maximum Gasteiger partial charge on any atom is 0.236 e. The highest BCUT2D eigenvalue weighted by Crippen LogP contribution is 2.28. The van der Waals surface area contributed by atoms with Crippen molar-refractivity contribution < 1.29 is 9.53 Å². The van der Waals surface area contributed by atoms with Crippen LogP contribution in [0.3, 0.4) is 0 Å². The highest BCUT2D eigenvalue weighted by molar-refractivity contribution is 5.78. The van der Waals surface area contributed by atoms with Crippen LogP contribution in [0.15, 0.2) is 48.5 Å². The van der Waals surface area contributed by atoms with Crippen LogP contribution in [-0.2, 0) is 11.3 Å². The number of likely N-dealkylation sites (N-methyl/N-ethyl adjacent to an activating group) is 1. The van der Waals surface area contributed by atoms with Gasteiger partial charge in [0.1, 0.15) is 5.75 Å². The summed E-state index contributed by atoms with van der Waals surface area (Å²) in [6, 6.07) is 16.8. The van der Waals surface area contributed by atoms with E-state index in [1.54, 1.807) is 7.11 Å². The largest absolute Gasteiger partial charge is 0.495 e. The summed E-state index contributed by atoms with van der Waals surface area (Å²) in [6.07, 6.45) is 0. The van der Waals surface area contributed by atoms with Crippen molar-refractivity contribution in [1.29, 1.82) is 0 Å². The molecule has 1 amide bonds. The van der Waals surface area contributed by atoms with Crippen molar-refractivity contribution in [2.45, 2.75) is 26.3 Å². The van der Waals surface area contributed by atoms with Gasteiger partial charge in [0.05, 0.1) is 19.3 Å². The maximum atomic E-state index is 12.7. The van der Waals surface area contributed by atoms with Crippen LogP contribution < -0.4 is 9.64 Å². The minimum Gasteiger partial charge on any atom is -0.495 e. The second-order valence-corrected chi connectivity index (χ2v) is 8.11. The second-order valence-electron chi connectivity index (χ2n) is 8.11. The summed E-state index contributed by atoms with van der Waals surface area (Å²) in [5, 5.41) is 0. The summed E-state index contributed by atoms with van der Waals surface area (Å²) in [7, 11) is 3.71. The molecular weight excluding hydrogens is 362 g/mol. The van der Waals surface area contributed by atoms with Gasteiger partial charge in [-0.05, 0) is 36.2 Å². The highest BCUT2D eigenvalue weighted by atomic mass is 16.5. The second kappa shape index (κ2) is 9.79. The van der Waals surface area contributed by atoms with E-state index in [1.165, 1.54) is 11.1 Å². The standard InChI is InChI=1S/C24H33N3O2/c1-19(2)21-11-9-20(10-12-21)17-25(3)18-24(28)27-15-13-26(14-16-27)22-7-5-6-8-23(22)29-4/h5-12,19H,13-18H2,1-4H3. The molecule has 0 saturated carbocycles. The zero-order valence-corrected chi connectivity index (χ0v) is 18.1. The molecule has 2 aromatic rings. The van der Waals surface area contributed by atoms with Crippen LogP contribution in [0.1, 0.15) is 30.9 Å². The van der Waals surface area contributed by atoms with Crippen LogP contribution in [-0.4, -0.2) is 62.6 Å². The van der Waals surface area contributed by atoms with Crippen molar-refractivity contribution in [3.63, 3.8) is 0 Å².